The Morgan fingerprint density at radius 2 is 2.04 bits per heavy atom. The lowest BCUT2D eigenvalue weighted by atomic mass is 10.3. The van der Waals surface area contributed by atoms with Crippen LogP contribution in [-0.4, -0.2) is 51.7 Å². The molecule has 0 aliphatic rings. The Morgan fingerprint density at radius 1 is 1.33 bits per heavy atom. The van der Waals surface area contributed by atoms with Crippen LogP contribution in [0.15, 0.2) is 30.5 Å². The number of carboxylic acid groups (broad SMARTS) is 1. The number of benzene rings is 1. The van der Waals surface area contributed by atoms with E-state index in [4.69, 9.17) is 14.6 Å². The van der Waals surface area contributed by atoms with Crippen LogP contribution in [0.4, 0.5) is 0 Å². The minimum atomic E-state index is -1.19. The van der Waals surface area contributed by atoms with E-state index in [0.29, 0.717) is 11.5 Å². The lowest BCUT2D eigenvalue weighted by Gasteiger charge is -2.17. The molecule has 9 nitrogen and oxygen atoms in total. The molecule has 24 heavy (non-hydrogen) atoms. The molecule has 0 aliphatic carbocycles. The molecule has 0 fully saturated rings. The molecule has 9 heteroatoms. The first-order chi connectivity index (χ1) is 11.5. The maximum absolute atomic E-state index is 11.8. The average molecular weight is 334 g/mol. The maximum atomic E-state index is 11.8. The molecule has 0 saturated heterocycles. The number of aromatic nitrogens is 3. The van der Waals surface area contributed by atoms with E-state index < -0.39 is 5.97 Å². The normalized spacial score (nSPS) is 11.6. The minimum Gasteiger partial charge on any atom is -0.493 e. The third-order valence-corrected chi connectivity index (χ3v) is 3.05. The topological polar surface area (TPSA) is 116 Å². The summed E-state index contributed by atoms with van der Waals surface area (Å²) in [5, 5.41) is 18.4. The molecule has 1 unspecified atom stereocenters. The number of hydrogen-bond donors (Lipinski definition) is 2. The molecular formula is C15H18N4O5. The molecule has 2 aromatic rings. The van der Waals surface area contributed by atoms with Crippen molar-refractivity contribution in [2.75, 3.05) is 13.7 Å². The monoisotopic (exact) mass is 334 g/mol. The van der Waals surface area contributed by atoms with Crippen molar-refractivity contribution in [1.29, 1.82) is 0 Å². The van der Waals surface area contributed by atoms with E-state index >= 15 is 0 Å². The van der Waals surface area contributed by atoms with E-state index in [0.717, 1.165) is 4.68 Å². The zero-order valence-corrected chi connectivity index (χ0v) is 13.3. The van der Waals surface area contributed by atoms with Crippen molar-refractivity contribution in [3.8, 4) is 11.5 Å². The Balaban J connectivity index is 1.81. The Kier molecular flexibility index (Phi) is 5.72. The van der Waals surface area contributed by atoms with E-state index in [1.54, 1.807) is 19.2 Å². The van der Waals surface area contributed by atoms with Gasteiger partial charge in [0.05, 0.1) is 19.9 Å². The first-order valence-electron chi connectivity index (χ1n) is 7.19. The smallest absolute Gasteiger partial charge is 0.358 e. The number of rotatable bonds is 8. The van der Waals surface area contributed by atoms with Crippen molar-refractivity contribution in [1.82, 2.24) is 20.3 Å². The second kappa shape index (κ2) is 7.95. The molecular weight excluding hydrogens is 316 g/mol. The van der Waals surface area contributed by atoms with Crippen molar-refractivity contribution >= 4 is 11.9 Å². The molecule has 1 heterocycles. The quantitative estimate of drug-likeness (QED) is 0.725. The van der Waals surface area contributed by atoms with Gasteiger partial charge in [-0.25, -0.2) is 9.48 Å². The fraction of sp³-hybridized carbons (Fsp3) is 0.333. The molecule has 0 bridgehead atoms. The maximum Gasteiger partial charge on any atom is 0.358 e. The second-order valence-corrected chi connectivity index (χ2v) is 4.99. The molecule has 128 valence electrons. The highest BCUT2D eigenvalue weighted by atomic mass is 16.5. The Bertz CT molecular complexity index is 715. The fourth-order valence-electron chi connectivity index (χ4n) is 1.91. The first-order valence-corrected chi connectivity index (χ1v) is 7.19. The van der Waals surface area contributed by atoms with Gasteiger partial charge in [-0.15, -0.1) is 5.10 Å². The largest absolute Gasteiger partial charge is 0.493 e. The zero-order valence-electron chi connectivity index (χ0n) is 13.3. The van der Waals surface area contributed by atoms with Crippen molar-refractivity contribution in [3.63, 3.8) is 0 Å². The van der Waals surface area contributed by atoms with Gasteiger partial charge < -0.3 is 19.9 Å². The Hall–Kier alpha value is -3.10. The molecule has 1 amide bonds. The van der Waals surface area contributed by atoms with Gasteiger partial charge in [0.15, 0.2) is 17.2 Å². The van der Waals surface area contributed by atoms with E-state index in [-0.39, 0.29) is 30.8 Å². The van der Waals surface area contributed by atoms with Crippen LogP contribution in [0.1, 0.15) is 17.4 Å². The summed E-state index contributed by atoms with van der Waals surface area (Å²) in [6.07, 6.45) is 0.909. The van der Waals surface area contributed by atoms with Gasteiger partial charge in [-0.2, -0.15) is 0 Å². The highest BCUT2D eigenvalue weighted by Gasteiger charge is 2.13. The van der Waals surface area contributed by atoms with E-state index in [9.17, 15) is 9.59 Å². The summed E-state index contributed by atoms with van der Waals surface area (Å²) in [5.41, 5.74) is -0.212. The number of ether oxygens (including phenoxy) is 2. The van der Waals surface area contributed by atoms with Gasteiger partial charge >= 0.3 is 5.97 Å². The zero-order chi connectivity index (χ0) is 17.5. The number of hydrogen-bond acceptors (Lipinski definition) is 6. The van der Waals surface area contributed by atoms with Crippen LogP contribution in [0.25, 0.3) is 0 Å². The molecule has 2 rings (SSSR count). The molecule has 0 aliphatic heterocycles. The van der Waals surface area contributed by atoms with Gasteiger partial charge in [0, 0.05) is 0 Å². The summed E-state index contributed by atoms with van der Waals surface area (Å²) in [6.45, 7) is 1.96. The average Bonchev–Trinajstić information content (AvgIpc) is 3.02. The summed E-state index contributed by atoms with van der Waals surface area (Å²) in [4.78, 5) is 22.5. The van der Waals surface area contributed by atoms with Gasteiger partial charge in [-0.1, -0.05) is 17.3 Å². The van der Waals surface area contributed by atoms with Crippen LogP contribution in [0, 0.1) is 0 Å². The lowest BCUT2D eigenvalue weighted by Crippen LogP contribution is -2.35. The highest BCUT2D eigenvalue weighted by molar-refractivity contribution is 5.84. The van der Waals surface area contributed by atoms with Crippen LogP contribution in [-0.2, 0) is 11.3 Å². The molecule has 0 spiro atoms. The number of methoxy groups -OCH3 is 1. The van der Waals surface area contributed by atoms with E-state index in [2.05, 4.69) is 15.6 Å². The van der Waals surface area contributed by atoms with Crippen molar-refractivity contribution in [3.05, 3.63) is 36.2 Å². The highest BCUT2D eigenvalue weighted by Crippen LogP contribution is 2.26. The molecule has 0 saturated carbocycles. The summed E-state index contributed by atoms with van der Waals surface area (Å²) in [7, 11) is 1.55. The number of nitrogens with zero attached hydrogens (tertiary/aromatic N) is 3. The predicted octanol–water partition coefficient (Wildman–Crippen LogP) is 0.569. The molecule has 2 N–H and O–H groups in total. The third-order valence-electron chi connectivity index (χ3n) is 3.05. The summed E-state index contributed by atoms with van der Waals surface area (Å²) in [6, 6.07) is 7.22. The van der Waals surface area contributed by atoms with Crippen molar-refractivity contribution in [2.24, 2.45) is 0 Å². The molecule has 0 radical (unpaired) electrons. The Labute approximate surface area is 138 Å². The number of para-hydroxylation sites is 2. The number of carbonyl (C=O) groups excluding carboxylic acids is 1. The van der Waals surface area contributed by atoms with Gasteiger partial charge in [0.1, 0.15) is 12.6 Å². The lowest BCUT2D eigenvalue weighted by molar-refractivity contribution is -0.122. The number of nitrogens with one attached hydrogen (secondary N) is 1. The molecule has 1 aromatic heterocycles. The number of carbonyl (C=O) groups is 2. The van der Waals surface area contributed by atoms with E-state index in [1.165, 1.54) is 6.20 Å². The predicted molar refractivity (Wildman–Crippen MR) is 83.1 cm³/mol. The van der Waals surface area contributed by atoms with Gasteiger partial charge in [-0.3, -0.25) is 4.79 Å². The summed E-state index contributed by atoms with van der Waals surface area (Å²) in [5.74, 6) is -0.323. The van der Waals surface area contributed by atoms with Crippen molar-refractivity contribution < 1.29 is 24.2 Å². The Morgan fingerprint density at radius 3 is 2.67 bits per heavy atom. The van der Waals surface area contributed by atoms with Crippen LogP contribution < -0.4 is 14.8 Å². The summed E-state index contributed by atoms with van der Waals surface area (Å²) < 4.78 is 12.1. The van der Waals surface area contributed by atoms with E-state index in [1.807, 2.05) is 19.1 Å². The number of aromatic carboxylic acids is 1. The second-order valence-electron chi connectivity index (χ2n) is 4.99. The number of carboxylic acids is 1. The SMILES string of the molecule is COc1ccccc1OC(C)CNC(=O)Cn1cc(C(=O)O)nn1. The van der Waals surface area contributed by atoms with Gasteiger partial charge in [-0.05, 0) is 19.1 Å². The number of amides is 1. The van der Waals surface area contributed by atoms with Crippen LogP contribution in [0.5, 0.6) is 11.5 Å². The molecule has 1 atom stereocenters. The third kappa shape index (κ3) is 4.70. The molecule has 1 aromatic carbocycles. The van der Waals surface area contributed by atoms with Crippen LogP contribution in [0.2, 0.25) is 0 Å². The minimum absolute atomic E-state index is 0.123. The standard InChI is InChI=1S/C15H18N4O5/c1-10(24-13-6-4-3-5-12(13)23-2)7-16-14(20)9-19-8-11(15(21)22)17-18-19/h3-6,8,10H,7,9H2,1-2H3,(H,16,20)(H,21,22). The first kappa shape index (κ1) is 17.3. The van der Waals surface area contributed by atoms with Crippen molar-refractivity contribution in [2.45, 2.75) is 19.6 Å². The van der Waals surface area contributed by atoms with Crippen LogP contribution in [0.3, 0.4) is 0 Å². The van der Waals surface area contributed by atoms with Crippen LogP contribution >= 0.6 is 0 Å². The summed E-state index contributed by atoms with van der Waals surface area (Å²) >= 11 is 0. The van der Waals surface area contributed by atoms with Gasteiger partial charge in [0.25, 0.3) is 0 Å². The van der Waals surface area contributed by atoms with Gasteiger partial charge in [0.2, 0.25) is 5.91 Å². The fourth-order valence-corrected chi connectivity index (χ4v) is 1.91.